The lowest BCUT2D eigenvalue weighted by molar-refractivity contribution is -0.125. The molecule has 0 bridgehead atoms. The van der Waals surface area contributed by atoms with E-state index < -0.39 is 34.9 Å². The number of nitrogen functional groups attached to an aromatic ring is 1. The molecule has 194 valence electrons. The number of benzene rings is 2. The van der Waals surface area contributed by atoms with Crippen LogP contribution in [0, 0.1) is 24.0 Å². The first kappa shape index (κ1) is 25.7. The van der Waals surface area contributed by atoms with Gasteiger partial charge in [-0.1, -0.05) is 39.0 Å². The smallest absolute Gasteiger partial charge is 0.273 e. The molecule has 4 N–H and O–H groups in total. The Labute approximate surface area is 211 Å². The number of nitrogens with zero attached hydrogens (tertiary/aromatic N) is 4. The van der Waals surface area contributed by atoms with Crippen LogP contribution in [0.4, 0.5) is 14.5 Å². The van der Waals surface area contributed by atoms with Gasteiger partial charge in [-0.2, -0.15) is 5.10 Å². The van der Waals surface area contributed by atoms with Crippen molar-refractivity contribution in [3.63, 3.8) is 0 Å². The van der Waals surface area contributed by atoms with Gasteiger partial charge in [-0.3, -0.25) is 14.3 Å². The van der Waals surface area contributed by atoms with Crippen molar-refractivity contribution in [2.45, 2.75) is 46.8 Å². The third-order valence-corrected chi connectivity index (χ3v) is 5.72. The number of fused-ring (bicyclic) bond motifs is 1. The van der Waals surface area contributed by atoms with Crippen LogP contribution in [0.3, 0.4) is 0 Å². The molecule has 4 rings (SSSR count). The minimum Gasteiger partial charge on any atom is -0.424 e. The molecule has 0 aliphatic rings. The maximum atomic E-state index is 14.8. The molecule has 37 heavy (non-hydrogen) atoms. The Hall–Kier alpha value is -4.35. The van der Waals surface area contributed by atoms with E-state index in [-0.39, 0.29) is 46.8 Å². The maximum Gasteiger partial charge on any atom is 0.273 e. The Morgan fingerprint density at radius 3 is 2.54 bits per heavy atom. The third-order valence-electron chi connectivity index (χ3n) is 5.72. The van der Waals surface area contributed by atoms with Crippen LogP contribution < -0.4 is 16.4 Å². The molecule has 0 fully saturated rings. The van der Waals surface area contributed by atoms with Gasteiger partial charge in [-0.25, -0.2) is 8.78 Å². The van der Waals surface area contributed by atoms with Gasteiger partial charge in [0.1, 0.15) is 23.2 Å². The van der Waals surface area contributed by atoms with E-state index >= 15 is 0 Å². The van der Waals surface area contributed by atoms with Gasteiger partial charge < -0.3 is 20.8 Å². The summed E-state index contributed by atoms with van der Waals surface area (Å²) in [6.45, 7) is 6.84. The second kappa shape index (κ2) is 9.96. The normalized spacial score (nSPS) is 12.5. The quantitative estimate of drug-likeness (QED) is 0.324. The van der Waals surface area contributed by atoms with Gasteiger partial charge in [0.2, 0.25) is 17.7 Å². The number of aromatic nitrogens is 4. The van der Waals surface area contributed by atoms with Gasteiger partial charge in [-0.05, 0) is 23.6 Å². The zero-order valence-electron chi connectivity index (χ0n) is 20.8. The van der Waals surface area contributed by atoms with E-state index in [1.165, 1.54) is 28.9 Å². The summed E-state index contributed by atoms with van der Waals surface area (Å²) in [5.74, 6) is -1.78. The molecule has 2 heterocycles. The molecule has 1 atom stereocenters. The highest BCUT2D eigenvalue weighted by Crippen LogP contribution is 2.25. The Kier molecular flexibility index (Phi) is 6.92. The minimum absolute atomic E-state index is 0.0158. The molecule has 0 radical (unpaired) electrons. The fraction of sp³-hybridized carbons (Fsp3) is 0.320. The molecule has 12 heteroatoms. The van der Waals surface area contributed by atoms with Crippen LogP contribution in [0.1, 0.15) is 48.6 Å². The zero-order chi connectivity index (χ0) is 26.9. The predicted octanol–water partition coefficient (Wildman–Crippen LogP) is 3.10. The van der Waals surface area contributed by atoms with E-state index in [1.807, 2.05) is 0 Å². The summed E-state index contributed by atoms with van der Waals surface area (Å²) in [6, 6.07) is 7.40. The van der Waals surface area contributed by atoms with Crippen LogP contribution in [-0.4, -0.2) is 37.8 Å². The van der Waals surface area contributed by atoms with Crippen molar-refractivity contribution in [1.82, 2.24) is 30.6 Å². The van der Waals surface area contributed by atoms with Crippen LogP contribution in [-0.2, 0) is 17.9 Å². The molecule has 0 spiro atoms. The molecule has 4 aromatic rings. The molecular weight excluding hydrogens is 484 g/mol. The van der Waals surface area contributed by atoms with Crippen molar-refractivity contribution in [2.24, 2.45) is 5.41 Å². The monoisotopic (exact) mass is 511 g/mol. The first-order valence-corrected chi connectivity index (χ1v) is 11.5. The molecule has 2 aromatic carbocycles. The summed E-state index contributed by atoms with van der Waals surface area (Å²) in [7, 11) is 0. The van der Waals surface area contributed by atoms with Crippen LogP contribution in [0.2, 0.25) is 0 Å². The van der Waals surface area contributed by atoms with Crippen molar-refractivity contribution in [2.75, 3.05) is 5.73 Å². The summed E-state index contributed by atoms with van der Waals surface area (Å²) >= 11 is 0. The second-order valence-electron chi connectivity index (χ2n) is 9.70. The Balaban J connectivity index is 1.62. The van der Waals surface area contributed by atoms with Crippen molar-refractivity contribution >= 4 is 28.4 Å². The highest BCUT2D eigenvalue weighted by molar-refractivity contribution is 6.06. The van der Waals surface area contributed by atoms with Gasteiger partial charge in [0.05, 0.1) is 13.1 Å². The molecule has 10 nitrogen and oxygen atoms in total. The number of anilines is 1. The first-order chi connectivity index (χ1) is 17.4. The highest BCUT2D eigenvalue weighted by atomic mass is 19.1. The van der Waals surface area contributed by atoms with E-state index in [4.69, 9.17) is 10.2 Å². The summed E-state index contributed by atoms with van der Waals surface area (Å²) in [5, 5.41) is 17.5. The number of carbonyl (C=O) groups is 2. The molecule has 0 saturated heterocycles. The fourth-order valence-electron chi connectivity index (χ4n) is 3.88. The number of hydrogen-bond donors (Lipinski definition) is 3. The number of aryl methyl sites for hydroxylation is 1. The molecular formula is C25H27F2N7O3. The second-order valence-corrected chi connectivity index (χ2v) is 9.70. The molecule has 0 unspecified atom stereocenters. The lowest BCUT2D eigenvalue weighted by Crippen LogP contribution is -2.53. The van der Waals surface area contributed by atoms with E-state index in [0.29, 0.717) is 5.89 Å². The van der Waals surface area contributed by atoms with E-state index in [1.54, 1.807) is 33.8 Å². The van der Waals surface area contributed by atoms with Gasteiger partial charge in [0.15, 0.2) is 5.69 Å². The molecule has 0 saturated carbocycles. The van der Waals surface area contributed by atoms with E-state index in [0.717, 1.165) is 6.07 Å². The van der Waals surface area contributed by atoms with Crippen LogP contribution >= 0.6 is 0 Å². The number of carbonyl (C=O) groups excluding carboxylic acids is 2. The Morgan fingerprint density at radius 2 is 1.89 bits per heavy atom. The number of para-hydroxylation sites is 1. The van der Waals surface area contributed by atoms with Gasteiger partial charge in [0, 0.05) is 23.6 Å². The lowest BCUT2D eigenvalue weighted by Gasteiger charge is -2.30. The SMILES string of the molecule is Cc1nnc(CNC(=O)[C@@H](NC(=O)c2nn(Cc3ccc(N)cc3F)c3c(F)cccc23)C(C)(C)C)o1. The van der Waals surface area contributed by atoms with Crippen molar-refractivity contribution in [3.05, 3.63) is 71.1 Å². The summed E-state index contributed by atoms with van der Waals surface area (Å²) in [5.41, 5.74) is 5.33. The number of nitrogens with two attached hydrogens (primary N) is 1. The lowest BCUT2D eigenvalue weighted by atomic mass is 9.86. The van der Waals surface area contributed by atoms with E-state index in [2.05, 4.69) is 25.9 Å². The largest absolute Gasteiger partial charge is 0.424 e. The zero-order valence-corrected chi connectivity index (χ0v) is 20.8. The average molecular weight is 512 g/mol. The minimum atomic E-state index is -0.979. The van der Waals surface area contributed by atoms with Gasteiger partial charge >= 0.3 is 0 Å². The molecule has 0 aliphatic carbocycles. The molecule has 2 aromatic heterocycles. The standard InChI is InChI=1S/C25H27F2N7O3/c1-13-31-32-19(37-13)11-29-24(36)22(25(2,3)4)30-23(35)20-16-6-5-7-17(26)21(16)34(33-20)12-14-8-9-15(28)10-18(14)27/h5-10,22H,11-12,28H2,1-4H3,(H,29,36)(H,30,35)/t22-/m1/s1. The maximum absolute atomic E-state index is 14.8. The topological polar surface area (TPSA) is 141 Å². The number of hydrogen-bond acceptors (Lipinski definition) is 7. The number of nitrogens with one attached hydrogen (secondary N) is 2. The molecule has 0 aliphatic heterocycles. The van der Waals surface area contributed by atoms with E-state index in [9.17, 15) is 18.4 Å². The number of rotatable bonds is 7. The Morgan fingerprint density at radius 1 is 1.14 bits per heavy atom. The third kappa shape index (κ3) is 5.57. The van der Waals surface area contributed by atoms with Crippen LogP contribution in [0.15, 0.2) is 40.8 Å². The molecule has 2 amide bonds. The predicted molar refractivity (Wildman–Crippen MR) is 131 cm³/mol. The Bertz CT molecular complexity index is 1470. The first-order valence-electron chi connectivity index (χ1n) is 11.5. The van der Waals surface area contributed by atoms with Crippen molar-refractivity contribution in [3.8, 4) is 0 Å². The van der Waals surface area contributed by atoms with Gasteiger partial charge in [-0.15, -0.1) is 10.2 Å². The van der Waals surface area contributed by atoms with Gasteiger partial charge in [0.25, 0.3) is 5.91 Å². The van der Waals surface area contributed by atoms with Crippen LogP contribution in [0.5, 0.6) is 0 Å². The summed E-state index contributed by atoms with van der Waals surface area (Å²) in [4.78, 5) is 26.4. The number of amides is 2. The summed E-state index contributed by atoms with van der Waals surface area (Å²) < 4.78 is 35.8. The van der Waals surface area contributed by atoms with Crippen molar-refractivity contribution in [1.29, 1.82) is 0 Å². The summed E-state index contributed by atoms with van der Waals surface area (Å²) in [6.07, 6.45) is 0. The average Bonchev–Trinajstić information content (AvgIpc) is 3.41. The fourth-order valence-corrected chi connectivity index (χ4v) is 3.88. The highest BCUT2D eigenvalue weighted by Gasteiger charge is 2.34. The number of halogens is 2. The van der Waals surface area contributed by atoms with Crippen molar-refractivity contribution < 1.29 is 22.8 Å². The van der Waals surface area contributed by atoms with Crippen LogP contribution in [0.25, 0.3) is 10.9 Å².